The first-order chi connectivity index (χ1) is 12.7. The van der Waals surface area contributed by atoms with Crippen molar-refractivity contribution < 1.29 is 4.39 Å². The molecule has 2 aromatic rings. The van der Waals surface area contributed by atoms with Gasteiger partial charge < -0.3 is 10.2 Å². The fourth-order valence-corrected chi connectivity index (χ4v) is 3.45. The molecule has 1 aliphatic heterocycles. The van der Waals surface area contributed by atoms with Gasteiger partial charge in [-0.25, -0.2) is 4.39 Å². The smallest absolute Gasteiger partial charge is 0.214 e. The van der Waals surface area contributed by atoms with Gasteiger partial charge in [-0.3, -0.25) is 4.98 Å². The van der Waals surface area contributed by atoms with Gasteiger partial charge in [0.15, 0.2) is 0 Å². The molecule has 1 fully saturated rings. The van der Waals surface area contributed by atoms with Crippen LogP contribution in [-0.2, 0) is 0 Å². The van der Waals surface area contributed by atoms with Crippen molar-refractivity contribution in [2.24, 2.45) is 5.11 Å². The molecule has 0 saturated carbocycles. The molecule has 1 atom stereocenters. The van der Waals surface area contributed by atoms with E-state index in [1.54, 1.807) is 18.5 Å². The van der Waals surface area contributed by atoms with Gasteiger partial charge in [0.25, 0.3) is 0 Å². The molecular formula is C18H20FN6S+. The lowest BCUT2D eigenvalue weighted by Gasteiger charge is -2.37. The Labute approximate surface area is 156 Å². The summed E-state index contributed by atoms with van der Waals surface area (Å²) in [6.45, 7) is 1.30. The lowest BCUT2D eigenvalue weighted by Crippen LogP contribution is -2.42. The normalized spacial score (nSPS) is 16.7. The summed E-state index contributed by atoms with van der Waals surface area (Å²) in [5.41, 5.74) is 9.24. The Kier molecular flexibility index (Phi) is 5.99. The Balaban J connectivity index is 1.89. The number of pyridine rings is 1. The minimum absolute atomic E-state index is 0.137. The summed E-state index contributed by atoms with van der Waals surface area (Å²) in [7, 11) is 0. The van der Waals surface area contributed by atoms with E-state index in [-0.39, 0.29) is 11.9 Å². The average Bonchev–Trinajstić information content (AvgIpc) is 2.67. The van der Waals surface area contributed by atoms with E-state index >= 15 is 0 Å². The summed E-state index contributed by atoms with van der Waals surface area (Å²) in [6, 6.07) is 8.44. The van der Waals surface area contributed by atoms with E-state index in [9.17, 15) is 4.39 Å². The number of aromatic nitrogens is 1. The predicted molar refractivity (Wildman–Crippen MR) is 103 cm³/mol. The first-order valence-electron chi connectivity index (χ1n) is 8.50. The highest BCUT2D eigenvalue weighted by molar-refractivity contribution is 7.81. The number of hydrogen-bond acceptors (Lipinski definition) is 5. The minimum atomic E-state index is -0.326. The second-order valence-corrected chi connectivity index (χ2v) is 6.53. The van der Waals surface area contributed by atoms with Crippen molar-refractivity contribution in [1.29, 1.82) is 5.53 Å². The first kappa shape index (κ1) is 18.1. The molecule has 0 spiro atoms. The summed E-state index contributed by atoms with van der Waals surface area (Å²) < 4.78 is 13.9. The Morgan fingerprint density at radius 3 is 2.92 bits per heavy atom. The molecule has 2 heterocycles. The minimum Gasteiger partial charge on any atom is -0.365 e. The molecular weight excluding hydrogens is 351 g/mol. The Hall–Kier alpha value is -2.70. The van der Waals surface area contributed by atoms with Crippen LogP contribution in [0.3, 0.4) is 0 Å². The highest BCUT2D eigenvalue weighted by atomic mass is 32.1. The SMILES string of the molecule is N=[N+]=NCC1CCCCN1c1ccc(F)cc1NC(=S)c1ccncc1. The van der Waals surface area contributed by atoms with Crippen molar-refractivity contribution in [2.75, 3.05) is 23.3 Å². The maximum absolute atomic E-state index is 13.9. The van der Waals surface area contributed by atoms with Gasteiger partial charge in [-0.05, 0) is 49.6 Å². The fraction of sp³-hybridized carbons (Fsp3) is 0.333. The van der Waals surface area contributed by atoms with Crippen molar-refractivity contribution in [3.05, 3.63) is 54.1 Å². The van der Waals surface area contributed by atoms with Gasteiger partial charge in [0, 0.05) is 24.5 Å². The van der Waals surface area contributed by atoms with Crippen LogP contribution in [0.25, 0.3) is 0 Å². The van der Waals surface area contributed by atoms with Gasteiger partial charge in [0.1, 0.15) is 28.0 Å². The Bertz CT molecular complexity index is 822. The largest absolute Gasteiger partial charge is 0.365 e. The van der Waals surface area contributed by atoms with E-state index < -0.39 is 0 Å². The van der Waals surface area contributed by atoms with Crippen LogP contribution in [0.1, 0.15) is 24.8 Å². The Morgan fingerprint density at radius 1 is 1.35 bits per heavy atom. The van der Waals surface area contributed by atoms with Crippen molar-refractivity contribution in [1.82, 2.24) is 9.90 Å². The van der Waals surface area contributed by atoms with Crippen LogP contribution in [0, 0.1) is 11.3 Å². The third-order valence-electron chi connectivity index (χ3n) is 4.45. The summed E-state index contributed by atoms with van der Waals surface area (Å²) in [4.78, 5) is 9.83. The lowest BCUT2D eigenvalue weighted by atomic mass is 10.0. The highest BCUT2D eigenvalue weighted by Crippen LogP contribution is 2.32. The second-order valence-electron chi connectivity index (χ2n) is 6.12. The van der Waals surface area contributed by atoms with Gasteiger partial charge in [-0.15, -0.1) is 0 Å². The zero-order valence-electron chi connectivity index (χ0n) is 14.2. The number of rotatable bonds is 5. The van der Waals surface area contributed by atoms with Gasteiger partial charge >= 0.3 is 0 Å². The number of anilines is 2. The van der Waals surface area contributed by atoms with E-state index in [1.807, 2.05) is 12.1 Å². The fourth-order valence-electron chi connectivity index (χ4n) is 3.20. The van der Waals surface area contributed by atoms with Crippen LogP contribution < -0.4 is 15.1 Å². The molecule has 8 heteroatoms. The highest BCUT2D eigenvalue weighted by Gasteiger charge is 2.26. The number of hydrogen-bond donors (Lipinski definition) is 2. The maximum atomic E-state index is 13.9. The molecule has 0 radical (unpaired) electrons. The zero-order chi connectivity index (χ0) is 18.4. The summed E-state index contributed by atoms with van der Waals surface area (Å²) in [5.74, 6) is -0.326. The maximum Gasteiger partial charge on any atom is 0.214 e. The molecule has 1 aliphatic rings. The number of halogens is 1. The molecule has 3 rings (SSSR count). The predicted octanol–water partition coefficient (Wildman–Crippen LogP) is 3.92. The van der Waals surface area contributed by atoms with Crippen LogP contribution >= 0.6 is 12.2 Å². The summed E-state index contributed by atoms with van der Waals surface area (Å²) >= 11 is 5.47. The number of piperidine rings is 1. The van der Waals surface area contributed by atoms with Crippen LogP contribution in [-0.4, -0.2) is 29.1 Å². The zero-order valence-corrected chi connectivity index (χ0v) is 15.0. The molecule has 2 N–H and O–H groups in total. The topological polar surface area (TPSA) is 78.5 Å². The van der Waals surface area contributed by atoms with Crippen molar-refractivity contribution in [2.45, 2.75) is 25.3 Å². The van der Waals surface area contributed by atoms with Crippen molar-refractivity contribution in [3.8, 4) is 0 Å². The molecule has 26 heavy (non-hydrogen) atoms. The summed E-state index contributed by atoms with van der Waals surface area (Å²) in [5, 5.41) is 7.02. The van der Waals surface area contributed by atoms with Crippen LogP contribution in [0.4, 0.5) is 15.8 Å². The van der Waals surface area contributed by atoms with E-state index in [0.717, 1.165) is 37.1 Å². The number of nitrogens with one attached hydrogen (secondary N) is 2. The number of benzene rings is 1. The van der Waals surface area contributed by atoms with Crippen molar-refractivity contribution in [3.63, 3.8) is 0 Å². The van der Waals surface area contributed by atoms with Crippen molar-refractivity contribution >= 4 is 28.6 Å². The molecule has 6 nitrogen and oxygen atoms in total. The summed E-state index contributed by atoms with van der Waals surface area (Å²) in [6.07, 6.45) is 6.46. The molecule has 1 aromatic heterocycles. The van der Waals surface area contributed by atoms with Crippen LogP contribution in [0.15, 0.2) is 47.8 Å². The van der Waals surface area contributed by atoms with Gasteiger partial charge in [0.05, 0.1) is 17.4 Å². The number of nitrogens with zero attached hydrogens (tertiary/aromatic N) is 4. The molecule has 0 bridgehead atoms. The van der Waals surface area contributed by atoms with Crippen LogP contribution in [0.2, 0.25) is 0 Å². The molecule has 0 aliphatic carbocycles. The lowest BCUT2D eigenvalue weighted by molar-refractivity contribution is 0.459. The van der Waals surface area contributed by atoms with E-state index in [2.05, 4.69) is 25.2 Å². The Morgan fingerprint density at radius 2 is 2.15 bits per heavy atom. The van der Waals surface area contributed by atoms with Gasteiger partial charge in [0.2, 0.25) is 4.91 Å². The van der Waals surface area contributed by atoms with Gasteiger partial charge in [-0.1, -0.05) is 12.2 Å². The number of thiocarbonyl (C=S) groups is 1. The average molecular weight is 371 g/mol. The monoisotopic (exact) mass is 371 g/mol. The molecule has 1 saturated heterocycles. The molecule has 1 aromatic carbocycles. The molecule has 134 valence electrons. The molecule has 0 amide bonds. The first-order valence-corrected chi connectivity index (χ1v) is 8.90. The van der Waals surface area contributed by atoms with E-state index in [4.69, 9.17) is 17.7 Å². The van der Waals surface area contributed by atoms with Gasteiger partial charge in [-0.2, -0.15) is 0 Å². The van der Waals surface area contributed by atoms with E-state index in [1.165, 1.54) is 12.1 Å². The second kappa shape index (κ2) is 8.60. The third kappa shape index (κ3) is 4.28. The standard InChI is InChI=1S/C18H19FN6S/c19-14-4-5-17(25-10-2-1-3-15(25)12-22-24-20)16(11-14)23-18(26)13-6-8-21-9-7-13/h4-9,11,15,20H,1-3,10,12H2/p+1. The van der Waals surface area contributed by atoms with Crippen LogP contribution in [0.5, 0.6) is 0 Å². The molecule has 1 unspecified atom stereocenters. The quantitative estimate of drug-likeness (QED) is 0.474. The van der Waals surface area contributed by atoms with E-state index in [0.29, 0.717) is 17.2 Å². The third-order valence-corrected chi connectivity index (χ3v) is 4.79.